The van der Waals surface area contributed by atoms with Crippen LogP contribution in [0.5, 0.6) is 11.5 Å². The molecule has 1 aromatic heterocycles. The van der Waals surface area contributed by atoms with Gasteiger partial charge in [0.25, 0.3) is 11.8 Å². The normalized spacial score (nSPS) is 10.5. The molecule has 0 atom stereocenters. The van der Waals surface area contributed by atoms with Crippen LogP contribution in [0.25, 0.3) is 0 Å². The molecule has 0 radical (unpaired) electrons. The molecular formula is C17H21ClN4O4S. The number of aryl methyl sites for hydroxylation is 1. The molecule has 1 aromatic carbocycles. The Morgan fingerprint density at radius 1 is 1.30 bits per heavy atom. The molecule has 0 spiro atoms. The number of anilines is 1. The van der Waals surface area contributed by atoms with E-state index in [1.165, 1.54) is 30.6 Å². The Morgan fingerprint density at radius 2 is 2.07 bits per heavy atom. The van der Waals surface area contributed by atoms with Crippen LogP contribution in [0.4, 0.5) is 5.13 Å². The minimum Gasteiger partial charge on any atom is -0.493 e. The maximum atomic E-state index is 12.5. The molecule has 27 heavy (non-hydrogen) atoms. The number of methoxy groups -OCH3 is 1. The van der Waals surface area contributed by atoms with E-state index < -0.39 is 11.8 Å². The first kappa shape index (κ1) is 20.9. The topological polar surface area (TPSA) is 116 Å². The molecule has 146 valence electrons. The zero-order chi connectivity index (χ0) is 19.8. The lowest BCUT2D eigenvalue weighted by atomic mass is 10.2. The molecule has 0 bridgehead atoms. The Morgan fingerprint density at radius 3 is 2.74 bits per heavy atom. The summed E-state index contributed by atoms with van der Waals surface area (Å²) >= 11 is 7.50. The molecule has 0 aliphatic heterocycles. The van der Waals surface area contributed by atoms with Gasteiger partial charge in [0.1, 0.15) is 5.01 Å². The Balaban J connectivity index is 2.09. The predicted octanol–water partition coefficient (Wildman–Crippen LogP) is 3.05. The predicted molar refractivity (Wildman–Crippen MR) is 104 cm³/mol. The Kier molecular flexibility index (Phi) is 7.81. The number of nitrogens with two attached hydrogens (primary N) is 1. The molecule has 10 heteroatoms. The van der Waals surface area contributed by atoms with E-state index in [0.29, 0.717) is 5.13 Å². The number of unbranched alkanes of at least 4 members (excludes halogenated alkanes) is 2. The molecule has 2 amide bonds. The number of carbonyl (C=O) groups is 2. The van der Waals surface area contributed by atoms with E-state index in [1.54, 1.807) is 0 Å². The van der Waals surface area contributed by atoms with Crippen LogP contribution in [0.1, 0.15) is 41.6 Å². The van der Waals surface area contributed by atoms with Gasteiger partial charge < -0.3 is 15.2 Å². The van der Waals surface area contributed by atoms with E-state index in [4.69, 9.17) is 26.8 Å². The molecular weight excluding hydrogens is 392 g/mol. The Labute approximate surface area is 166 Å². The summed E-state index contributed by atoms with van der Waals surface area (Å²) < 4.78 is 10.4. The van der Waals surface area contributed by atoms with Crippen molar-refractivity contribution in [3.8, 4) is 11.5 Å². The zero-order valence-electron chi connectivity index (χ0n) is 15.1. The van der Waals surface area contributed by atoms with Crippen molar-refractivity contribution in [3.63, 3.8) is 0 Å². The first-order chi connectivity index (χ1) is 12.9. The molecule has 8 nitrogen and oxygen atoms in total. The number of amides is 2. The van der Waals surface area contributed by atoms with Gasteiger partial charge in [0.2, 0.25) is 5.13 Å². The molecule has 0 aliphatic carbocycles. The van der Waals surface area contributed by atoms with Crippen LogP contribution in [-0.4, -0.2) is 35.7 Å². The maximum absolute atomic E-state index is 12.5. The van der Waals surface area contributed by atoms with E-state index in [2.05, 4.69) is 22.4 Å². The van der Waals surface area contributed by atoms with Crippen molar-refractivity contribution in [1.82, 2.24) is 10.2 Å². The maximum Gasteiger partial charge on any atom is 0.257 e. The molecule has 0 saturated carbocycles. The second kappa shape index (κ2) is 10.1. The van der Waals surface area contributed by atoms with Crippen molar-refractivity contribution >= 4 is 39.9 Å². The summed E-state index contributed by atoms with van der Waals surface area (Å²) in [5.74, 6) is -0.705. The van der Waals surface area contributed by atoms with Crippen LogP contribution >= 0.6 is 22.9 Å². The zero-order valence-corrected chi connectivity index (χ0v) is 16.7. The van der Waals surface area contributed by atoms with E-state index in [9.17, 15) is 9.59 Å². The fraction of sp³-hybridized carbons (Fsp3) is 0.412. The van der Waals surface area contributed by atoms with Gasteiger partial charge >= 0.3 is 0 Å². The van der Waals surface area contributed by atoms with Gasteiger partial charge in [0.05, 0.1) is 12.1 Å². The summed E-state index contributed by atoms with van der Waals surface area (Å²) in [7, 11) is 1.40. The van der Waals surface area contributed by atoms with Crippen LogP contribution in [0.15, 0.2) is 12.1 Å². The summed E-state index contributed by atoms with van der Waals surface area (Å²) in [6.07, 6.45) is 4.14. The largest absolute Gasteiger partial charge is 0.493 e. The first-order valence-corrected chi connectivity index (χ1v) is 9.56. The van der Waals surface area contributed by atoms with E-state index in [-0.39, 0.29) is 28.7 Å². The van der Waals surface area contributed by atoms with Gasteiger partial charge in [-0.05, 0) is 18.6 Å². The van der Waals surface area contributed by atoms with Crippen LogP contribution in [0.2, 0.25) is 5.02 Å². The van der Waals surface area contributed by atoms with E-state index in [0.717, 1.165) is 30.7 Å². The molecule has 0 fully saturated rings. The van der Waals surface area contributed by atoms with E-state index >= 15 is 0 Å². The quantitative estimate of drug-likeness (QED) is 0.579. The number of rotatable bonds is 10. The Bertz CT molecular complexity index is 812. The summed E-state index contributed by atoms with van der Waals surface area (Å²) in [5.41, 5.74) is 5.32. The summed E-state index contributed by atoms with van der Waals surface area (Å²) in [6.45, 7) is 1.78. The van der Waals surface area contributed by atoms with Gasteiger partial charge in [-0.25, -0.2) is 0 Å². The second-order valence-electron chi connectivity index (χ2n) is 5.66. The molecule has 2 aromatic rings. The van der Waals surface area contributed by atoms with Gasteiger partial charge in [0, 0.05) is 12.0 Å². The highest BCUT2D eigenvalue weighted by Crippen LogP contribution is 2.36. The van der Waals surface area contributed by atoms with Crippen LogP contribution in [0, 0.1) is 0 Å². The number of aromatic nitrogens is 2. The van der Waals surface area contributed by atoms with Crippen molar-refractivity contribution in [2.75, 3.05) is 19.0 Å². The van der Waals surface area contributed by atoms with Crippen molar-refractivity contribution in [1.29, 1.82) is 0 Å². The van der Waals surface area contributed by atoms with Crippen molar-refractivity contribution in [2.45, 2.75) is 32.6 Å². The lowest BCUT2D eigenvalue weighted by molar-refractivity contribution is -0.119. The number of benzene rings is 1. The molecule has 2 rings (SSSR count). The third-order valence-corrected chi connectivity index (χ3v) is 4.71. The summed E-state index contributed by atoms with van der Waals surface area (Å²) in [6, 6.07) is 2.87. The summed E-state index contributed by atoms with van der Waals surface area (Å²) in [4.78, 5) is 23.4. The molecule has 3 N–H and O–H groups in total. The SMILES string of the molecule is CCCCCc1nnc(NC(=O)c2cc(Cl)c(OCC(N)=O)c(OC)c2)s1. The smallest absolute Gasteiger partial charge is 0.257 e. The van der Waals surface area contributed by atoms with Crippen molar-refractivity contribution < 1.29 is 19.1 Å². The van der Waals surface area contributed by atoms with Crippen molar-refractivity contribution in [3.05, 3.63) is 27.7 Å². The van der Waals surface area contributed by atoms with Gasteiger partial charge in [-0.2, -0.15) is 0 Å². The minimum absolute atomic E-state index is 0.123. The fourth-order valence-electron chi connectivity index (χ4n) is 2.23. The van der Waals surface area contributed by atoms with Gasteiger partial charge in [-0.1, -0.05) is 42.7 Å². The third-order valence-electron chi connectivity index (χ3n) is 3.53. The third kappa shape index (κ3) is 6.07. The average molecular weight is 413 g/mol. The lowest BCUT2D eigenvalue weighted by Gasteiger charge is -2.13. The molecule has 0 saturated heterocycles. The minimum atomic E-state index is -0.652. The number of hydrogen-bond donors (Lipinski definition) is 2. The molecule has 0 unspecified atom stereocenters. The highest BCUT2D eigenvalue weighted by Gasteiger charge is 2.18. The van der Waals surface area contributed by atoms with Crippen molar-refractivity contribution in [2.24, 2.45) is 5.73 Å². The monoisotopic (exact) mass is 412 g/mol. The Hall–Kier alpha value is -2.39. The number of nitrogens with zero attached hydrogens (tertiary/aromatic N) is 2. The number of ether oxygens (including phenoxy) is 2. The number of hydrogen-bond acceptors (Lipinski definition) is 7. The number of halogens is 1. The second-order valence-corrected chi connectivity index (χ2v) is 7.13. The number of nitrogens with one attached hydrogen (secondary N) is 1. The van der Waals surface area contributed by atoms with E-state index in [1.807, 2.05) is 0 Å². The average Bonchev–Trinajstić information content (AvgIpc) is 3.07. The van der Waals surface area contributed by atoms with Gasteiger partial charge in [0.15, 0.2) is 18.1 Å². The summed E-state index contributed by atoms with van der Waals surface area (Å²) in [5, 5.41) is 12.2. The highest BCUT2D eigenvalue weighted by molar-refractivity contribution is 7.15. The highest BCUT2D eigenvalue weighted by atomic mass is 35.5. The van der Waals surface area contributed by atoms with Crippen LogP contribution < -0.4 is 20.5 Å². The standard InChI is InChI=1S/C17H21ClN4O4S/c1-3-4-5-6-14-21-22-17(27-14)20-16(24)10-7-11(18)15(12(8-10)25-2)26-9-13(19)23/h7-8H,3-6,9H2,1-2H3,(H2,19,23)(H,20,22,24). The van der Waals surface area contributed by atoms with Gasteiger partial charge in [-0.3, -0.25) is 14.9 Å². The lowest BCUT2D eigenvalue weighted by Crippen LogP contribution is -2.20. The fourth-order valence-corrected chi connectivity index (χ4v) is 3.28. The van der Waals surface area contributed by atoms with Gasteiger partial charge in [-0.15, -0.1) is 10.2 Å². The van der Waals surface area contributed by atoms with Crippen LogP contribution in [-0.2, 0) is 11.2 Å². The number of primary amides is 1. The number of carbonyl (C=O) groups excluding carboxylic acids is 2. The van der Waals surface area contributed by atoms with Crippen LogP contribution in [0.3, 0.4) is 0 Å². The molecule has 1 heterocycles. The first-order valence-electron chi connectivity index (χ1n) is 8.37. The molecule has 0 aliphatic rings.